The zero-order chi connectivity index (χ0) is 19.6. The second-order valence-electron chi connectivity index (χ2n) is 6.35. The van der Waals surface area contributed by atoms with Gasteiger partial charge < -0.3 is 24.2 Å². The second kappa shape index (κ2) is 7.65. The van der Waals surface area contributed by atoms with Gasteiger partial charge in [-0.1, -0.05) is 5.16 Å². The average molecular weight is 374 g/mol. The molecular weight excluding hydrogens is 352 g/mol. The topological polar surface area (TPSA) is 107 Å². The number of carbonyl (C=O) groups excluding carboxylic acids is 2. The molecule has 144 valence electrons. The van der Waals surface area contributed by atoms with Crippen LogP contribution in [-0.2, 0) is 9.59 Å². The van der Waals surface area contributed by atoms with E-state index in [4.69, 9.17) is 14.0 Å². The van der Waals surface area contributed by atoms with Crippen LogP contribution < -0.4 is 19.7 Å². The maximum Gasteiger partial charge on any atom is 0.248 e. The largest absolute Gasteiger partial charge is 0.497 e. The fourth-order valence-corrected chi connectivity index (χ4v) is 3.01. The molecule has 0 radical (unpaired) electrons. The first-order valence-electron chi connectivity index (χ1n) is 8.56. The van der Waals surface area contributed by atoms with E-state index in [0.29, 0.717) is 28.9 Å². The molecule has 1 fully saturated rings. The molecule has 2 atom stereocenters. The van der Waals surface area contributed by atoms with E-state index in [1.807, 2.05) is 0 Å². The van der Waals surface area contributed by atoms with Gasteiger partial charge in [-0.3, -0.25) is 9.59 Å². The Morgan fingerprint density at radius 3 is 2.78 bits per heavy atom. The zero-order valence-corrected chi connectivity index (χ0v) is 15.7. The van der Waals surface area contributed by atoms with Crippen LogP contribution in [0.15, 0.2) is 22.7 Å². The van der Waals surface area contributed by atoms with Crippen LogP contribution in [0.3, 0.4) is 0 Å². The lowest BCUT2D eigenvalue weighted by Crippen LogP contribution is -2.34. The molecule has 2 heterocycles. The van der Waals surface area contributed by atoms with Gasteiger partial charge in [0.25, 0.3) is 0 Å². The Hall–Kier alpha value is -3.10. The molecular formula is C18H22N4O5. The van der Waals surface area contributed by atoms with Crippen LogP contribution in [0.4, 0.5) is 5.69 Å². The summed E-state index contributed by atoms with van der Waals surface area (Å²) in [5.41, 5.74) is 0.610. The van der Waals surface area contributed by atoms with Crippen LogP contribution in [0.25, 0.3) is 0 Å². The van der Waals surface area contributed by atoms with Gasteiger partial charge in [0.05, 0.1) is 25.8 Å². The number of hydrogen-bond donors (Lipinski definition) is 1. The van der Waals surface area contributed by atoms with Crippen molar-refractivity contribution in [3.63, 3.8) is 0 Å². The summed E-state index contributed by atoms with van der Waals surface area (Å²) in [5.74, 6) is 1.12. The molecule has 0 bridgehead atoms. The molecule has 2 amide bonds. The minimum atomic E-state index is -0.476. The maximum atomic E-state index is 12.6. The number of aryl methyl sites for hydroxylation is 1. The molecule has 0 saturated carbocycles. The first-order valence-corrected chi connectivity index (χ1v) is 8.56. The Morgan fingerprint density at radius 1 is 1.37 bits per heavy atom. The number of benzene rings is 1. The number of nitrogens with zero attached hydrogens (tertiary/aromatic N) is 3. The number of carbonyl (C=O) groups is 2. The second-order valence-corrected chi connectivity index (χ2v) is 6.35. The molecule has 2 unspecified atom stereocenters. The lowest BCUT2D eigenvalue weighted by atomic mass is 10.1. The minimum absolute atomic E-state index is 0.122. The van der Waals surface area contributed by atoms with Gasteiger partial charge in [0.15, 0.2) is 5.82 Å². The molecule has 1 N–H and O–H groups in total. The normalized spacial score (nSPS) is 17.7. The Labute approximate surface area is 156 Å². The highest BCUT2D eigenvalue weighted by molar-refractivity contribution is 6.01. The molecule has 1 aromatic carbocycles. The third kappa shape index (κ3) is 3.86. The lowest BCUT2D eigenvalue weighted by Gasteiger charge is -2.20. The highest BCUT2D eigenvalue weighted by atomic mass is 16.5. The number of ether oxygens (including phenoxy) is 2. The van der Waals surface area contributed by atoms with Gasteiger partial charge in [0, 0.05) is 19.0 Å². The monoisotopic (exact) mass is 374 g/mol. The number of amides is 2. The van der Waals surface area contributed by atoms with Gasteiger partial charge >= 0.3 is 0 Å². The summed E-state index contributed by atoms with van der Waals surface area (Å²) in [7, 11) is 3.08. The predicted octanol–water partition coefficient (Wildman–Crippen LogP) is 1.63. The van der Waals surface area contributed by atoms with E-state index in [1.54, 1.807) is 44.1 Å². The fourth-order valence-electron chi connectivity index (χ4n) is 3.01. The molecule has 0 spiro atoms. The first kappa shape index (κ1) is 18.7. The van der Waals surface area contributed by atoms with Crippen molar-refractivity contribution < 1.29 is 23.6 Å². The van der Waals surface area contributed by atoms with Crippen molar-refractivity contribution in [1.29, 1.82) is 0 Å². The average Bonchev–Trinajstić information content (AvgIpc) is 3.27. The quantitative estimate of drug-likeness (QED) is 0.819. The summed E-state index contributed by atoms with van der Waals surface area (Å²) in [5, 5.41) is 6.54. The fraction of sp³-hybridized carbons (Fsp3) is 0.444. The number of hydrogen-bond acceptors (Lipinski definition) is 7. The highest BCUT2D eigenvalue weighted by Gasteiger charge is 2.37. The van der Waals surface area contributed by atoms with Crippen molar-refractivity contribution >= 4 is 17.5 Å². The third-order valence-electron chi connectivity index (χ3n) is 4.45. The Morgan fingerprint density at radius 2 is 2.15 bits per heavy atom. The summed E-state index contributed by atoms with van der Waals surface area (Å²) in [6.07, 6.45) is 0.122. The third-order valence-corrected chi connectivity index (χ3v) is 4.45. The van der Waals surface area contributed by atoms with Crippen LogP contribution in [0, 0.1) is 12.8 Å². The first-order chi connectivity index (χ1) is 12.9. The number of anilines is 1. The van der Waals surface area contributed by atoms with Crippen molar-refractivity contribution in [2.75, 3.05) is 25.7 Å². The van der Waals surface area contributed by atoms with E-state index in [9.17, 15) is 9.59 Å². The molecule has 27 heavy (non-hydrogen) atoms. The molecule has 3 rings (SSSR count). The Bertz CT molecular complexity index is 850. The van der Waals surface area contributed by atoms with E-state index >= 15 is 0 Å². The smallest absolute Gasteiger partial charge is 0.248 e. The van der Waals surface area contributed by atoms with Crippen LogP contribution in [0.5, 0.6) is 11.5 Å². The summed E-state index contributed by atoms with van der Waals surface area (Å²) < 4.78 is 15.6. The van der Waals surface area contributed by atoms with E-state index in [2.05, 4.69) is 15.5 Å². The van der Waals surface area contributed by atoms with Gasteiger partial charge in [0.2, 0.25) is 17.7 Å². The van der Waals surface area contributed by atoms with Gasteiger partial charge in [-0.05, 0) is 26.0 Å². The highest BCUT2D eigenvalue weighted by Crippen LogP contribution is 2.35. The molecule has 1 aliphatic rings. The molecule has 9 nitrogen and oxygen atoms in total. The van der Waals surface area contributed by atoms with Crippen LogP contribution in [0.2, 0.25) is 0 Å². The van der Waals surface area contributed by atoms with E-state index in [-0.39, 0.29) is 24.8 Å². The number of nitrogens with one attached hydrogen (secondary N) is 1. The number of methoxy groups -OCH3 is 2. The maximum absolute atomic E-state index is 12.6. The standard InChI is InChI=1S/C18H22N4O5/c1-10(18-20-11(2)21-27-18)19-17(24)12-7-16(23)22(9-12)14-6-5-13(25-3)8-15(14)26-4/h5-6,8,10,12H,7,9H2,1-4H3,(H,19,24). The Balaban J connectivity index is 1.70. The van der Waals surface area contributed by atoms with Gasteiger partial charge in [-0.2, -0.15) is 4.98 Å². The summed E-state index contributed by atoms with van der Waals surface area (Å²) >= 11 is 0. The molecule has 9 heteroatoms. The van der Waals surface area contributed by atoms with Gasteiger partial charge in [0.1, 0.15) is 17.5 Å². The minimum Gasteiger partial charge on any atom is -0.497 e. The Kier molecular flexibility index (Phi) is 5.29. The van der Waals surface area contributed by atoms with Crippen molar-refractivity contribution in [3.05, 3.63) is 29.9 Å². The van der Waals surface area contributed by atoms with Crippen molar-refractivity contribution in [1.82, 2.24) is 15.5 Å². The number of rotatable bonds is 6. The van der Waals surface area contributed by atoms with E-state index < -0.39 is 12.0 Å². The molecule has 0 aliphatic carbocycles. The molecule has 2 aromatic rings. The zero-order valence-electron chi connectivity index (χ0n) is 15.7. The SMILES string of the molecule is COc1ccc(N2CC(C(=O)NC(C)c3nc(C)no3)CC2=O)c(OC)c1. The van der Waals surface area contributed by atoms with Gasteiger partial charge in [-0.25, -0.2) is 0 Å². The van der Waals surface area contributed by atoms with Gasteiger partial charge in [-0.15, -0.1) is 0 Å². The predicted molar refractivity (Wildman–Crippen MR) is 95.6 cm³/mol. The lowest BCUT2D eigenvalue weighted by molar-refractivity contribution is -0.127. The van der Waals surface area contributed by atoms with Crippen molar-refractivity contribution in [2.45, 2.75) is 26.3 Å². The summed E-state index contributed by atoms with van der Waals surface area (Å²) in [6, 6.07) is 4.77. The number of aromatic nitrogens is 2. The summed E-state index contributed by atoms with van der Waals surface area (Å²) in [4.78, 5) is 30.7. The van der Waals surface area contributed by atoms with Crippen LogP contribution in [0.1, 0.15) is 31.1 Å². The van der Waals surface area contributed by atoms with E-state index in [0.717, 1.165) is 0 Å². The summed E-state index contributed by atoms with van der Waals surface area (Å²) in [6.45, 7) is 3.73. The van der Waals surface area contributed by atoms with Crippen molar-refractivity contribution in [2.24, 2.45) is 5.92 Å². The molecule has 1 saturated heterocycles. The van der Waals surface area contributed by atoms with Crippen molar-refractivity contribution in [3.8, 4) is 11.5 Å². The molecule has 1 aliphatic heterocycles. The van der Waals surface area contributed by atoms with E-state index in [1.165, 1.54) is 7.11 Å². The molecule has 1 aromatic heterocycles. The van der Waals surface area contributed by atoms with Crippen LogP contribution >= 0.6 is 0 Å². The van der Waals surface area contributed by atoms with Crippen LogP contribution in [-0.4, -0.2) is 42.7 Å².